The summed E-state index contributed by atoms with van der Waals surface area (Å²) in [5.41, 5.74) is 16.4. The minimum atomic E-state index is 0. The molecular weight excluding hydrogens is 836 g/mol. The number of anilines is 2. The minimum Gasteiger partial charge on any atom is -0.468 e. The average molecular weight is 875 g/mol. The van der Waals surface area contributed by atoms with Gasteiger partial charge in [0.2, 0.25) is 0 Å². The highest BCUT2D eigenvalue weighted by molar-refractivity contribution is 9.11. The van der Waals surface area contributed by atoms with Crippen LogP contribution in [0.2, 0.25) is 0 Å². The molecule has 0 aliphatic rings. The highest BCUT2D eigenvalue weighted by atomic mass is 79.9. The molecule has 264 valence electrons. The summed E-state index contributed by atoms with van der Waals surface area (Å²) in [4.78, 5) is 26.0. The van der Waals surface area contributed by atoms with Gasteiger partial charge in [-0.2, -0.15) is 24.9 Å². The summed E-state index contributed by atoms with van der Waals surface area (Å²) in [7, 11) is 1.56. The first-order valence-electron chi connectivity index (χ1n) is 14.9. The maximum absolute atomic E-state index is 6.03. The lowest BCUT2D eigenvalue weighted by molar-refractivity contribution is 0.300. The summed E-state index contributed by atoms with van der Waals surface area (Å²) in [5, 5.41) is 0. The Morgan fingerprint density at radius 2 is 1.20 bits per heavy atom. The van der Waals surface area contributed by atoms with Crippen molar-refractivity contribution in [2.24, 2.45) is 0 Å². The van der Waals surface area contributed by atoms with Gasteiger partial charge in [-0.25, -0.2) is 4.98 Å². The molecule has 0 bridgehead atoms. The monoisotopic (exact) mass is 872 g/mol. The molecule has 4 aromatic heterocycles. The molecule has 13 nitrogen and oxygen atoms in total. The summed E-state index contributed by atoms with van der Waals surface area (Å²) in [6.45, 7) is 9.34. The summed E-state index contributed by atoms with van der Waals surface area (Å²) in [5.74, 6) is 0.548. The smallest absolute Gasteiger partial charge is 0.320 e. The van der Waals surface area contributed by atoms with Gasteiger partial charge >= 0.3 is 12.0 Å². The molecule has 2 aromatic carbocycles. The first kappa shape index (κ1) is 38.3. The third-order valence-corrected chi connectivity index (χ3v) is 8.46. The molecule has 0 spiro atoms. The van der Waals surface area contributed by atoms with Crippen molar-refractivity contribution in [2.45, 2.75) is 33.4 Å². The number of rotatable bonds is 13. The Balaban J connectivity index is 0.000000265. The van der Waals surface area contributed by atoms with Gasteiger partial charge in [-0.15, -0.1) is 13.2 Å². The van der Waals surface area contributed by atoms with E-state index in [0.29, 0.717) is 78.0 Å². The molecule has 0 radical (unpaired) electrons. The largest absolute Gasteiger partial charge is 0.468 e. The standard InChI is InChI=1S/C17H18BrN5O2.C16H15Br2N5O.CH4.H2/c1-3-4-8-25-16-21-14(19)13-15(22-16)23(17(20-13)24-2)10-11-6-5-7-12(18)9-11;1-2-3-7-24-16-21-13(19)12-14(22-16)23(15(18)20-12)9-10-5-4-6-11(17)8-10;;/h3,5-7,9H,1,4,8,10H2,2H3,(H2,19,21,22);2,4-6,8H,1,3,7,9H2,(H2,19,21,22);1H4;1H. The van der Waals surface area contributed by atoms with Crippen molar-refractivity contribution in [3.8, 4) is 18.0 Å². The van der Waals surface area contributed by atoms with Gasteiger partial charge in [0.25, 0.3) is 6.01 Å². The first-order valence-corrected chi connectivity index (χ1v) is 17.3. The number of hydrogen-bond donors (Lipinski definition) is 2. The van der Waals surface area contributed by atoms with Crippen LogP contribution in [-0.4, -0.2) is 59.4 Å². The molecular formula is C34H39Br3N10O3. The number of benzene rings is 2. The van der Waals surface area contributed by atoms with Crippen LogP contribution in [0.5, 0.6) is 18.0 Å². The topological polar surface area (TPSA) is 167 Å². The maximum atomic E-state index is 6.03. The lowest BCUT2D eigenvalue weighted by Crippen LogP contribution is -2.06. The number of halogens is 3. The number of methoxy groups -OCH3 is 1. The highest BCUT2D eigenvalue weighted by Crippen LogP contribution is 2.28. The van der Waals surface area contributed by atoms with Gasteiger partial charge in [-0.3, -0.25) is 9.13 Å². The van der Waals surface area contributed by atoms with Crippen molar-refractivity contribution in [1.82, 2.24) is 39.0 Å². The number of nitrogens with two attached hydrogens (primary N) is 2. The maximum Gasteiger partial charge on any atom is 0.320 e. The van der Waals surface area contributed by atoms with E-state index in [1.165, 1.54) is 0 Å². The summed E-state index contributed by atoms with van der Waals surface area (Å²) >= 11 is 10.4. The van der Waals surface area contributed by atoms with E-state index in [4.69, 9.17) is 25.7 Å². The molecule has 6 rings (SSSR count). The molecule has 0 saturated heterocycles. The SMILES string of the molecule is C.C=CCCOc1nc(N)c2nc(Br)n(Cc3cccc(Br)c3)c2n1.C=CCCOc1nc(N)c2nc(OC)n(Cc3cccc(Br)c3)c2n1.[HH]. The fourth-order valence-electron chi connectivity index (χ4n) is 4.63. The molecule has 50 heavy (non-hydrogen) atoms. The molecule has 4 heterocycles. The normalized spacial score (nSPS) is 10.6. The van der Waals surface area contributed by atoms with E-state index in [-0.39, 0.29) is 26.7 Å². The van der Waals surface area contributed by atoms with Crippen molar-refractivity contribution in [3.63, 3.8) is 0 Å². The second-order valence-corrected chi connectivity index (χ2v) is 12.9. The lowest BCUT2D eigenvalue weighted by atomic mass is 10.2. The van der Waals surface area contributed by atoms with Crippen LogP contribution in [0.1, 0.15) is 32.8 Å². The van der Waals surface area contributed by atoms with Crippen molar-refractivity contribution < 1.29 is 15.6 Å². The Morgan fingerprint density at radius 1 is 0.720 bits per heavy atom. The Labute approximate surface area is 316 Å². The molecule has 4 N–H and O–H groups in total. The second-order valence-electron chi connectivity index (χ2n) is 10.4. The summed E-state index contributed by atoms with van der Waals surface area (Å²) < 4.78 is 22.9. The Bertz CT molecular complexity index is 2110. The van der Waals surface area contributed by atoms with E-state index in [0.717, 1.165) is 20.1 Å². The Kier molecular flexibility index (Phi) is 13.7. The Morgan fingerprint density at radius 3 is 1.68 bits per heavy atom. The fourth-order valence-corrected chi connectivity index (χ4v) is 5.99. The van der Waals surface area contributed by atoms with E-state index in [9.17, 15) is 0 Å². The predicted octanol–water partition coefficient (Wildman–Crippen LogP) is 8.00. The zero-order valence-electron chi connectivity index (χ0n) is 26.5. The highest BCUT2D eigenvalue weighted by Gasteiger charge is 2.19. The number of nitrogen functional groups attached to an aromatic ring is 2. The van der Waals surface area contributed by atoms with Crippen molar-refractivity contribution in [1.29, 1.82) is 0 Å². The molecule has 0 fully saturated rings. The minimum absolute atomic E-state index is 0. The lowest BCUT2D eigenvalue weighted by Gasteiger charge is -2.09. The third kappa shape index (κ3) is 9.37. The predicted molar refractivity (Wildman–Crippen MR) is 210 cm³/mol. The fraction of sp³-hybridized carbons (Fsp3) is 0.235. The number of fused-ring (bicyclic) bond motifs is 2. The third-order valence-electron chi connectivity index (χ3n) is 6.87. The average Bonchev–Trinajstić information content (AvgIpc) is 3.59. The van der Waals surface area contributed by atoms with E-state index in [2.05, 4.69) is 90.9 Å². The van der Waals surface area contributed by atoms with Gasteiger partial charge in [-0.05, 0) is 64.2 Å². The zero-order valence-corrected chi connectivity index (χ0v) is 31.3. The van der Waals surface area contributed by atoms with Gasteiger partial charge in [0.15, 0.2) is 38.7 Å². The van der Waals surface area contributed by atoms with E-state index >= 15 is 0 Å². The van der Waals surface area contributed by atoms with Crippen LogP contribution in [0.3, 0.4) is 0 Å². The van der Waals surface area contributed by atoms with Crippen LogP contribution in [0, 0.1) is 0 Å². The van der Waals surface area contributed by atoms with Crippen LogP contribution in [0.4, 0.5) is 11.6 Å². The second kappa shape index (κ2) is 17.9. The molecule has 0 amide bonds. The number of hydrogen-bond acceptors (Lipinski definition) is 11. The molecule has 6 aromatic rings. The number of imidazole rings is 2. The van der Waals surface area contributed by atoms with Gasteiger partial charge in [0.1, 0.15) is 0 Å². The van der Waals surface area contributed by atoms with E-state index in [1.54, 1.807) is 19.3 Å². The van der Waals surface area contributed by atoms with Gasteiger partial charge in [-0.1, -0.05) is 75.7 Å². The van der Waals surface area contributed by atoms with Gasteiger partial charge in [0, 0.05) is 10.4 Å². The van der Waals surface area contributed by atoms with Gasteiger partial charge < -0.3 is 25.7 Å². The molecule has 0 aliphatic carbocycles. The molecule has 16 heteroatoms. The van der Waals surface area contributed by atoms with E-state index < -0.39 is 0 Å². The molecule has 0 unspecified atom stereocenters. The van der Waals surface area contributed by atoms with Crippen molar-refractivity contribution in [3.05, 3.63) is 98.6 Å². The molecule has 0 atom stereocenters. The van der Waals surface area contributed by atoms with Crippen LogP contribution in [0.25, 0.3) is 22.3 Å². The first-order chi connectivity index (χ1) is 23.7. The Hall–Kier alpha value is -4.54. The van der Waals surface area contributed by atoms with Crippen LogP contribution < -0.4 is 25.7 Å². The molecule has 0 aliphatic heterocycles. The van der Waals surface area contributed by atoms with Crippen LogP contribution >= 0.6 is 47.8 Å². The van der Waals surface area contributed by atoms with Crippen LogP contribution in [0.15, 0.2) is 87.5 Å². The van der Waals surface area contributed by atoms with Crippen LogP contribution in [-0.2, 0) is 13.1 Å². The van der Waals surface area contributed by atoms with Gasteiger partial charge in [0.05, 0.1) is 33.4 Å². The summed E-state index contributed by atoms with van der Waals surface area (Å²) in [6.07, 6.45) is 4.95. The quantitative estimate of drug-likeness (QED) is 0.0656. The number of aromatic nitrogens is 8. The van der Waals surface area contributed by atoms with Crippen molar-refractivity contribution in [2.75, 3.05) is 31.8 Å². The zero-order chi connectivity index (χ0) is 34.9. The molecule has 0 saturated carbocycles. The summed E-state index contributed by atoms with van der Waals surface area (Å²) in [6, 6.07) is 16.9. The van der Waals surface area contributed by atoms with Crippen molar-refractivity contribution >= 4 is 81.8 Å². The number of nitrogens with zero attached hydrogens (tertiary/aromatic N) is 8. The number of ether oxygens (including phenoxy) is 3. The van der Waals surface area contributed by atoms with E-state index in [1.807, 2.05) is 57.7 Å².